The van der Waals surface area contributed by atoms with Crippen molar-refractivity contribution >= 4 is 5.97 Å². The lowest BCUT2D eigenvalue weighted by molar-refractivity contribution is 0.0729. The Morgan fingerprint density at radius 1 is 1.15 bits per heavy atom. The van der Waals surface area contributed by atoms with E-state index >= 15 is 0 Å². The van der Waals surface area contributed by atoms with Crippen LogP contribution in [0.4, 0.5) is 0 Å². The normalized spacial score (nSPS) is 10.4. The van der Waals surface area contributed by atoms with Gasteiger partial charge in [0.2, 0.25) is 0 Å². The SMILES string of the molecule is COc1cc(C#N)ccc1OC(=O)c1cnn(C)c1-n1c(C)ccc1C. The van der Waals surface area contributed by atoms with Crippen LogP contribution in [0.25, 0.3) is 5.82 Å². The van der Waals surface area contributed by atoms with Gasteiger partial charge in [0.05, 0.1) is 24.9 Å². The van der Waals surface area contributed by atoms with Crippen molar-refractivity contribution in [3.8, 4) is 23.4 Å². The van der Waals surface area contributed by atoms with Crippen molar-refractivity contribution in [2.24, 2.45) is 7.05 Å². The van der Waals surface area contributed by atoms with E-state index in [0.717, 1.165) is 11.4 Å². The minimum atomic E-state index is -0.552. The third-order valence-corrected chi connectivity index (χ3v) is 4.11. The smallest absolute Gasteiger partial charge is 0.349 e. The summed E-state index contributed by atoms with van der Waals surface area (Å²) in [5.74, 6) is 0.634. The topological polar surface area (TPSA) is 82.1 Å². The Hall–Kier alpha value is -3.53. The standard InChI is InChI=1S/C19H18N4O3/c1-12-5-6-13(2)23(12)18-15(11-21-22(18)3)19(24)26-16-8-7-14(10-20)9-17(16)25-4/h5-9,11H,1-4H3. The maximum absolute atomic E-state index is 12.8. The van der Waals surface area contributed by atoms with Gasteiger partial charge in [-0.15, -0.1) is 0 Å². The maximum atomic E-state index is 12.8. The third-order valence-electron chi connectivity index (χ3n) is 4.11. The molecule has 0 N–H and O–H groups in total. The monoisotopic (exact) mass is 350 g/mol. The zero-order valence-electron chi connectivity index (χ0n) is 15.0. The van der Waals surface area contributed by atoms with E-state index in [4.69, 9.17) is 14.7 Å². The number of esters is 1. The van der Waals surface area contributed by atoms with Crippen LogP contribution < -0.4 is 9.47 Å². The molecular formula is C19H18N4O3. The lowest BCUT2D eigenvalue weighted by Gasteiger charge is -2.13. The number of nitriles is 1. The average Bonchev–Trinajstić information content (AvgIpc) is 3.17. The molecule has 2 aromatic heterocycles. The second-order valence-corrected chi connectivity index (χ2v) is 5.82. The molecule has 0 bridgehead atoms. The Kier molecular flexibility index (Phi) is 4.50. The lowest BCUT2D eigenvalue weighted by atomic mass is 10.2. The molecule has 0 radical (unpaired) electrons. The summed E-state index contributed by atoms with van der Waals surface area (Å²) in [6.07, 6.45) is 1.48. The van der Waals surface area contributed by atoms with E-state index in [1.807, 2.05) is 36.6 Å². The molecule has 0 spiro atoms. The van der Waals surface area contributed by atoms with E-state index < -0.39 is 5.97 Å². The molecule has 0 saturated heterocycles. The Morgan fingerprint density at radius 3 is 2.46 bits per heavy atom. The number of carbonyl (C=O) groups excluding carboxylic acids is 1. The molecule has 1 aromatic carbocycles. The van der Waals surface area contributed by atoms with Crippen molar-refractivity contribution in [2.75, 3.05) is 7.11 Å². The highest BCUT2D eigenvalue weighted by Crippen LogP contribution is 2.29. The van der Waals surface area contributed by atoms with Gasteiger partial charge in [-0.25, -0.2) is 4.79 Å². The second-order valence-electron chi connectivity index (χ2n) is 5.82. The minimum Gasteiger partial charge on any atom is -0.493 e. The van der Waals surface area contributed by atoms with E-state index in [9.17, 15) is 4.79 Å². The molecule has 0 saturated carbocycles. The highest BCUT2D eigenvalue weighted by Gasteiger charge is 2.22. The van der Waals surface area contributed by atoms with Crippen molar-refractivity contribution in [3.05, 3.63) is 59.0 Å². The Balaban J connectivity index is 2.00. The first-order valence-corrected chi connectivity index (χ1v) is 7.94. The summed E-state index contributed by atoms with van der Waals surface area (Å²) < 4.78 is 14.3. The summed E-state index contributed by atoms with van der Waals surface area (Å²) in [6, 6.07) is 10.6. The van der Waals surface area contributed by atoms with Crippen LogP contribution in [0, 0.1) is 25.2 Å². The van der Waals surface area contributed by atoms with Crippen LogP contribution >= 0.6 is 0 Å². The van der Waals surface area contributed by atoms with E-state index in [1.165, 1.54) is 25.4 Å². The average molecular weight is 350 g/mol. The number of rotatable bonds is 4. The van der Waals surface area contributed by atoms with Crippen LogP contribution in [-0.2, 0) is 7.05 Å². The number of aryl methyl sites for hydroxylation is 3. The fourth-order valence-electron chi connectivity index (χ4n) is 2.82. The van der Waals surface area contributed by atoms with Gasteiger partial charge in [0.1, 0.15) is 11.4 Å². The Bertz CT molecular complexity index is 1000. The molecule has 7 nitrogen and oxygen atoms in total. The molecule has 26 heavy (non-hydrogen) atoms. The molecule has 7 heteroatoms. The molecule has 0 atom stereocenters. The van der Waals surface area contributed by atoms with E-state index in [-0.39, 0.29) is 5.75 Å². The number of hydrogen-bond acceptors (Lipinski definition) is 5. The maximum Gasteiger partial charge on any atom is 0.349 e. The van der Waals surface area contributed by atoms with Crippen molar-refractivity contribution < 1.29 is 14.3 Å². The number of nitrogens with zero attached hydrogens (tertiary/aromatic N) is 4. The molecule has 0 unspecified atom stereocenters. The van der Waals surface area contributed by atoms with Crippen molar-refractivity contribution in [1.29, 1.82) is 5.26 Å². The van der Waals surface area contributed by atoms with E-state index in [2.05, 4.69) is 5.10 Å². The summed E-state index contributed by atoms with van der Waals surface area (Å²) >= 11 is 0. The molecule has 132 valence electrons. The molecule has 0 amide bonds. The van der Waals surface area contributed by atoms with Gasteiger partial charge >= 0.3 is 5.97 Å². The van der Waals surface area contributed by atoms with Crippen molar-refractivity contribution in [1.82, 2.24) is 14.3 Å². The van der Waals surface area contributed by atoms with Crippen molar-refractivity contribution in [3.63, 3.8) is 0 Å². The summed E-state index contributed by atoms with van der Waals surface area (Å²) in [5, 5.41) is 13.2. The fourth-order valence-corrected chi connectivity index (χ4v) is 2.82. The zero-order valence-corrected chi connectivity index (χ0v) is 15.0. The molecule has 0 aliphatic carbocycles. The van der Waals surface area contributed by atoms with Crippen molar-refractivity contribution in [2.45, 2.75) is 13.8 Å². The highest BCUT2D eigenvalue weighted by molar-refractivity contribution is 5.94. The minimum absolute atomic E-state index is 0.243. The van der Waals surface area contributed by atoms with E-state index in [1.54, 1.807) is 17.8 Å². The fraction of sp³-hybridized carbons (Fsp3) is 0.211. The van der Waals surface area contributed by atoms with Gasteiger partial charge in [-0.3, -0.25) is 4.68 Å². The quantitative estimate of drug-likeness (QED) is 0.534. The van der Waals surface area contributed by atoms with Gasteiger partial charge in [0, 0.05) is 24.5 Å². The van der Waals surface area contributed by atoms with Crippen LogP contribution in [0.15, 0.2) is 36.5 Å². The first-order chi connectivity index (χ1) is 12.5. The largest absolute Gasteiger partial charge is 0.493 e. The van der Waals surface area contributed by atoms with Crippen LogP contribution in [0.1, 0.15) is 27.3 Å². The van der Waals surface area contributed by atoms with Gasteiger partial charge in [0.15, 0.2) is 11.5 Å². The molecule has 0 fully saturated rings. The number of ether oxygens (including phenoxy) is 2. The first-order valence-electron chi connectivity index (χ1n) is 7.94. The predicted octanol–water partition coefficient (Wildman–Crippen LogP) is 2.93. The summed E-state index contributed by atoms with van der Waals surface area (Å²) in [7, 11) is 3.23. The Morgan fingerprint density at radius 2 is 1.85 bits per heavy atom. The van der Waals surface area contributed by atoms with Gasteiger partial charge < -0.3 is 14.0 Å². The molecule has 2 heterocycles. The number of carbonyl (C=O) groups is 1. The zero-order chi connectivity index (χ0) is 18.8. The summed E-state index contributed by atoms with van der Waals surface area (Å²) in [4.78, 5) is 12.8. The highest BCUT2D eigenvalue weighted by atomic mass is 16.6. The molecular weight excluding hydrogens is 332 g/mol. The third kappa shape index (κ3) is 2.93. The van der Waals surface area contributed by atoms with Crippen LogP contribution in [-0.4, -0.2) is 27.4 Å². The first kappa shape index (κ1) is 17.3. The van der Waals surface area contributed by atoms with E-state index in [0.29, 0.717) is 22.7 Å². The van der Waals surface area contributed by atoms with Gasteiger partial charge in [-0.05, 0) is 38.1 Å². The number of aromatic nitrogens is 3. The predicted molar refractivity (Wildman–Crippen MR) is 94.7 cm³/mol. The Labute approximate surface area is 151 Å². The molecule has 3 rings (SSSR count). The van der Waals surface area contributed by atoms with Crippen LogP contribution in [0.5, 0.6) is 11.5 Å². The van der Waals surface area contributed by atoms with Gasteiger partial charge in [-0.1, -0.05) is 0 Å². The van der Waals surface area contributed by atoms with Crippen LogP contribution in [0.3, 0.4) is 0 Å². The molecule has 3 aromatic rings. The molecule has 0 aliphatic rings. The van der Waals surface area contributed by atoms with Gasteiger partial charge in [-0.2, -0.15) is 10.4 Å². The molecule has 0 aliphatic heterocycles. The number of benzene rings is 1. The number of hydrogen-bond donors (Lipinski definition) is 0. The van der Waals surface area contributed by atoms with Crippen LogP contribution in [0.2, 0.25) is 0 Å². The van der Waals surface area contributed by atoms with Gasteiger partial charge in [0.25, 0.3) is 0 Å². The lowest BCUT2D eigenvalue weighted by Crippen LogP contribution is -2.15. The summed E-state index contributed by atoms with van der Waals surface area (Å²) in [5.41, 5.74) is 2.72. The summed E-state index contributed by atoms with van der Waals surface area (Å²) in [6.45, 7) is 3.91. The second kappa shape index (κ2) is 6.76. The number of methoxy groups -OCH3 is 1.